The molecule has 98 valence electrons. The largest absolute Gasteiger partial charge is 0.479 e. The number of benzene rings is 1. The van der Waals surface area contributed by atoms with Crippen LogP contribution in [0.3, 0.4) is 0 Å². The van der Waals surface area contributed by atoms with Crippen molar-refractivity contribution in [1.29, 1.82) is 0 Å². The van der Waals surface area contributed by atoms with Gasteiger partial charge in [-0.05, 0) is 54.1 Å². The van der Waals surface area contributed by atoms with Crippen molar-refractivity contribution in [3.63, 3.8) is 0 Å². The van der Waals surface area contributed by atoms with Crippen molar-refractivity contribution in [2.75, 3.05) is 11.4 Å². The van der Waals surface area contributed by atoms with E-state index in [-0.39, 0.29) is 12.0 Å². The molecule has 0 bridgehead atoms. The molecule has 4 heteroatoms. The van der Waals surface area contributed by atoms with Gasteiger partial charge in [-0.25, -0.2) is 0 Å². The average Bonchev–Trinajstić information content (AvgIpc) is 2.34. The van der Waals surface area contributed by atoms with Gasteiger partial charge in [0.2, 0.25) is 0 Å². The summed E-state index contributed by atoms with van der Waals surface area (Å²) in [5, 5.41) is 0. The molecule has 1 aliphatic heterocycles. The standard InChI is InChI=1S/C14H18INO2/c1-3-4-5-8-16-12-7-6-11(15)9-13(12)18-10(2)14(16)17/h6-7,9-10H,3-5,8H2,1-2H3. The van der Waals surface area contributed by atoms with Gasteiger partial charge in [0.1, 0.15) is 5.75 Å². The van der Waals surface area contributed by atoms with Gasteiger partial charge >= 0.3 is 0 Å². The number of hydrogen-bond donors (Lipinski definition) is 0. The fourth-order valence-corrected chi connectivity index (χ4v) is 2.60. The first-order valence-corrected chi connectivity index (χ1v) is 7.49. The van der Waals surface area contributed by atoms with Crippen LogP contribution in [0.15, 0.2) is 18.2 Å². The topological polar surface area (TPSA) is 29.5 Å². The zero-order chi connectivity index (χ0) is 13.1. The van der Waals surface area contributed by atoms with Gasteiger partial charge in [-0.15, -0.1) is 0 Å². The van der Waals surface area contributed by atoms with Crippen LogP contribution >= 0.6 is 22.6 Å². The molecule has 0 fully saturated rings. The predicted octanol–water partition coefficient (Wildman–Crippen LogP) is 3.60. The molecule has 0 radical (unpaired) electrons. The van der Waals surface area contributed by atoms with Crippen molar-refractivity contribution in [2.45, 2.75) is 39.2 Å². The Balaban J connectivity index is 2.24. The van der Waals surface area contributed by atoms with Gasteiger partial charge in [-0.3, -0.25) is 4.79 Å². The highest BCUT2D eigenvalue weighted by Gasteiger charge is 2.30. The van der Waals surface area contributed by atoms with Gasteiger partial charge < -0.3 is 9.64 Å². The lowest BCUT2D eigenvalue weighted by Crippen LogP contribution is -2.44. The number of hydrogen-bond acceptors (Lipinski definition) is 2. The fourth-order valence-electron chi connectivity index (χ4n) is 2.13. The van der Waals surface area contributed by atoms with Crippen LogP contribution in [0.25, 0.3) is 0 Å². The maximum Gasteiger partial charge on any atom is 0.267 e. The number of unbranched alkanes of at least 4 members (excludes halogenated alkanes) is 2. The van der Waals surface area contributed by atoms with Gasteiger partial charge in [0.25, 0.3) is 5.91 Å². The first-order valence-electron chi connectivity index (χ1n) is 6.41. The lowest BCUT2D eigenvalue weighted by atomic mass is 10.1. The van der Waals surface area contributed by atoms with E-state index in [1.54, 1.807) is 0 Å². The molecule has 1 aromatic carbocycles. The number of fused-ring (bicyclic) bond motifs is 1. The highest BCUT2D eigenvalue weighted by Crippen LogP contribution is 2.35. The number of rotatable bonds is 4. The van der Waals surface area contributed by atoms with Gasteiger partial charge in [0, 0.05) is 10.1 Å². The Hall–Kier alpha value is -0.780. The van der Waals surface area contributed by atoms with E-state index in [4.69, 9.17) is 4.74 Å². The summed E-state index contributed by atoms with van der Waals surface area (Å²) in [6.07, 6.45) is 2.98. The van der Waals surface area contributed by atoms with Crippen LogP contribution in [0.2, 0.25) is 0 Å². The second-order valence-electron chi connectivity index (χ2n) is 4.57. The Bertz CT molecular complexity index is 447. The van der Waals surface area contributed by atoms with Gasteiger partial charge in [-0.2, -0.15) is 0 Å². The summed E-state index contributed by atoms with van der Waals surface area (Å²) in [5.41, 5.74) is 0.912. The minimum atomic E-state index is -0.377. The number of nitrogens with zero attached hydrogens (tertiary/aromatic N) is 1. The molecule has 1 aliphatic rings. The third kappa shape index (κ3) is 2.79. The van der Waals surface area contributed by atoms with Crippen LogP contribution in [0, 0.1) is 3.57 Å². The van der Waals surface area contributed by atoms with E-state index in [0.717, 1.165) is 40.8 Å². The van der Waals surface area contributed by atoms with Crippen LogP contribution < -0.4 is 9.64 Å². The zero-order valence-corrected chi connectivity index (χ0v) is 12.9. The molecule has 1 unspecified atom stereocenters. The quantitative estimate of drug-likeness (QED) is 0.607. The summed E-state index contributed by atoms with van der Waals surface area (Å²) >= 11 is 2.26. The fraction of sp³-hybridized carbons (Fsp3) is 0.500. The molecule has 0 aromatic heterocycles. The summed E-state index contributed by atoms with van der Waals surface area (Å²) in [6.45, 7) is 4.77. The predicted molar refractivity (Wildman–Crippen MR) is 81.1 cm³/mol. The molecule has 1 amide bonds. The molecule has 1 aromatic rings. The van der Waals surface area contributed by atoms with E-state index in [1.807, 2.05) is 30.0 Å². The van der Waals surface area contributed by atoms with Crippen molar-refractivity contribution in [2.24, 2.45) is 0 Å². The zero-order valence-electron chi connectivity index (χ0n) is 10.8. The Morgan fingerprint density at radius 1 is 1.39 bits per heavy atom. The lowest BCUT2D eigenvalue weighted by Gasteiger charge is -2.33. The summed E-state index contributed by atoms with van der Waals surface area (Å²) < 4.78 is 6.79. The van der Waals surface area contributed by atoms with Crippen molar-refractivity contribution in [1.82, 2.24) is 0 Å². The summed E-state index contributed by atoms with van der Waals surface area (Å²) in [4.78, 5) is 14.0. The van der Waals surface area contributed by atoms with E-state index in [9.17, 15) is 4.79 Å². The second kappa shape index (κ2) is 5.91. The van der Waals surface area contributed by atoms with Gasteiger partial charge in [0.15, 0.2) is 6.10 Å². The van der Waals surface area contributed by atoms with Crippen LogP contribution in [-0.2, 0) is 4.79 Å². The van der Waals surface area contributed by atoms with Gasteiger partial charge in [0.05, 0.1) is 5.69 Å². The third-order valence-corrected chi connectivity index (χ3v) is 3.79. The van der Waals surface area contributed by atoms with E-state index in [2.05, 4.69) is 29.5 Å². The van der Waals surface area contributed by atoms with Crippen molar-refractivity contribution in [3.05, 3.63) is 21.8 Å². The highest BCUT2D eigenvalue weighted by atomic mass is 127. The van der Waals surface area contributed by atoms with E-state index < -0.39 is 0 Å². The molecule has 1 atom stereocenters. The Morgan fingerprint density at radius 2 is 2.17 bits per heavy atom. The Labute approximate surface area is 122 Å². The van der Waals surface area contributed by atoms with Crippen molar-refractivity contribution < 1.29 is 9.53 Å². The molecular formula is C14H18INO2. The molecule has 2 rings (SSSR count). The Morgan fingerprint density at radius 3 is 2.89 bits per heavy atom. The maximum atomic E-state index is 12.2. The van der Waals surface area contributed by atoms with Crippen LogP contribution in [0.1, 0.15) is 33.1 Å². The number of carbonyl (C=O) groups is 1. The molecule has 1 heterocycles. The summed E-state index contributed by atoms with van der Waals surface area (Å²) in [6, 6.07) is 5.98. The van der Waals surface area contributed by atoms with Crippen LogP contribution in [0.5, 0.6) is 5.75 Å². The molecule has 3 nitrogen and oxygen atoms in total. The maximum absolute atomic E-state index is 12.2. The number of amides is 1. The molecule has 0 N–H and O–H groups in total. The molecule has 0 saturated heterocycles. The molecule has 0 aliphatic carbocycles. The molecular weight excluding hydrogens is 341 g/mol. The SMILES string of the molecule is CCCCCN1C(=O)C(C)Oc2cc(I)ccc21. The summed E-state index contributed by atoms with van der Waals surface area (Å²) in [7, 11) is 0. The normalized spacial score (nSPS) is 18.5. The molecule has 18 heavy (non-hydrogen) atoms. The first-order chi connectivity index (χ1) is 8.63. The lowest BCUT2D eigenvalue weighted by molar-refractivity contribution is -0.125. The molecule has 0 saturated carbocycles. The minimum absolute atomic E-state index is 0.0693. The van der Waals surface area contributed by atoms with Crippen molar-refractivity contribution >= 4 is 34.2 Å². The smallest absolute Gasteiger partial charge is 0.267 e. The number of ether oxygens (including phenoxy) is 1. The van der Waals surface area contributed by atoms with E-state index >= 15 is 0 Å². The van der Waals surface area contributed by atoms with Crippen molar-refractivity contribution in [3.8, 4) is 5.75 Å². The first kappa shape index (κ1) is 13.6. The third-order valence-electron chi connectivity index (χ3n) is 3.12. The summed E-state index contributed by atoms with van der Waals surface area (Å²) in [5.74, 6) is 0.894. The van der Waals surface area contributed by atoms with E-state index in [0.29, 0.717) is 0 Å². The number of anilines is 1. The number of halogens is 1. The Kier molecular flexibility index (Phi) is 4.48. The number of carbonyl (C=O) groups excluding carboxylic acids is 1. The van der Waals surface area contributed by atoms with Crippen LogP contribution in [0.4, 0.5) is 5.69 Å². The average molecular weight is 359 g/mol. The monoisotopic (exact) mass is 359 g/mol. The highest BCUT2D eigenvalue weighted by molar-refractivity contribution is 14.1. The van der Waals surface area contributed by atoms with Gasteiger partial charge in [-0.1, -0.05) is 19.8 Å². The second-order valence-corrected chi connectivity index (χ2v) is 5.81. The van der Waals surface area contributed by atoms with Crippen LogP contribution in [-0.4, -0.2) is 18.6 Å². The van der Waals surface area contributed by atoms with E-state index in [1.165, 1.54) is 0 Å². The minimum Gasteiger partial charge on any atom is -0.479 e. The molecule has 0 spiro atoms.